The molecule has 0 saturated carbocycles. The van der Waals surface area contributed by atoms with E-state index in [4.69, 9.17) is 11.6 Å². The van der Waals surface area contributed by atoms with E-state index < -0.39 is 0 Å². The number of halogens is 1. The lowest BCUT2D eigenvalue weighted by Crippen LogP contribution is -2.06. The van der Waals surface area contributed by atoms with Crippen molar-refractivity contribution in [3.05, 3.63) is 40.6 Å². The van der Waals surface area contributed by atoms with Crippen LogP contribution in [0.3, 0.4) is 0 Å². The molecule has 0 aliphatic rings. The quantitative estimate of drug-likeness (QED) is 0.797. The van der Waals surface area contributed by atoms with Crippen LogP contribution in [0.4, 0.5) is 11.6 Å². The molecule has 0 bridgehead atoms. The summed E-state index contributed by atoms with van der Waals surface area (Å²) in [7, 11) is 0. The third kappa shape index (κ3) is 2.31. The molecular formula is C10H7ClN6S. The first kappa shape index (κ1) is 11.1. The Balaban J connectivity index is 1.96. The van der Waals surface area contributed by atoms with E-state index in [9.17, 15) is 0 Å². The molecule has 0 unspecified atom stereocenters. The lowest BCUT2D eigenvalue weighted by Gasteiger charge is -2.04. The molecule has 3 rings (SSSR count). The van der Waals surface area contributed by atoms with Crippen molar-refractivity contribution in [2.24, 2.45) is 0 Å². The molecule has 0 amide bonds. The highest BCUT2D eigenvalue weighted by molar-refractivity contribution is 7.08. The van der Waals surface area contributed by atoms with Crippen LogP contribution in [0, 0.1) is 0 Å². The average Bonchev–Trinajstić information content (AvgIpc) is 3.00. The van der Waals surface area contributed by atoms with E-state index >= 15 is 0 Å². The molecule has 6 nitrogen and oxygen atoms in total. The highest BCUT2D eigenvalue weighted by Gasteiger charge is 2.07. The number of thiophene rings is 1. The number of aromatic nitrogens is 5. The zero-order chi connectivity index (χ0) is 12.4. The van der Waals surface area contributed by atoms with Gasteiger partial charge in [-0.2, -0.15) is 31.4 Å². The molecule has 0 fully saturated rings. The monoisotopic (exact) mass is 278 g/mol. The molecule has 0 aromatic carbocycles. The fraction of sp³-hybridized carbons (Fsp3) is 0. The van der Waals surface area contributed by atoms with Crippen molar-refractivity contribution in [3.8, 4) is 5.95 Å². The van der Waals surface area contributed by atoms with Crippen LogP contribution in [0.15, 0.2) is 35.3 Å². The first-order valence-electron chi connectivity index (χ1n) is 5.02. The van der Waals surface area contributed by atoms with E-state index in [1.165, 1.54) is 4.68 Å². The number of hydrogen-bond donors (Lipinski definition) is 1. The number of rotatable bonds is 3. The Morgan fingerprint density at radius 1 is 1.28 bits per heavy atom. The first-order valence-corrected chi connectivity index (χ1v) is 6.34. The summed E-state index contributed by atoms with van der Waals surface area (Å²) < 4.78 is 1.52. The van der Waals surface area contributed by atoms with Gasteiger partial charge in [0.1, 0.15) is 0 Å². The molecule has 3 aromatic rings. The van der Waals surface area contributed by atoms with E-state index in [0.29, 0.717) is 11.9 Å². The van der Waals surface area contributed by atoms with Crippen molar-refractivity contribution in [2.75, 3.05) is 5.32 Å². The van der Waals surface area contributed by atoms with Crippen molar-refractivity contribution < 1.29 is 0 Å². The van der Waals surface area contributed by atoms with Crippen LogP contribution in [0.5, 0.6) is 0 Å². The topological polar surface area (TPSA) is 68.5 Å². The Hall–Kier alpha value is -1.99. The van der Waals surface area contributed by atoms with Gasteiger partial charge in [0.2, 0.25) is 11.2 Å². The van der Waals surface area contributed by atoms with Gasteiger partial charge in [0, 0.05) is 17.8 Å². The van der Waals surface area contributed by atoms with Crippen molar-refractivity contribution >= 4 is 34.6 Å². The molecule has 0 atom stereocenters. The molecule has 8 heteroatoms. The molecule has 18 heavy (non-hydrogen) atoms. The molecular weight excluding hydrogens is 272 g/mol. The van der Waals surface area contributed by atoms with Gasteiger partial charge in [0.05, 0.1) is 5.69 Å². The van der Waals surface area contributed by atoms with Crippen LogP contribution >= 0.6 is 22.9 Å². The number of anilines is 2. The van der Waals surface area contributed by atoms with Gasteiger partial charge in [-0.05, 0) is 29.1 Å². The number of nitrogens with zero attached hydrogens (tertiary/aromatic N) is 5. The molecule has 90 valence electrons. The van der Waals surface area contributed by atoms with Gasteiger partial charge in [0.15, 0.2) is 0 Å². The lowest BCUT2D eigenvalue weighted by atomic mass is 10.5. The Morgan fingerprint density at radius 3 is 2.94 bits per heavy atom. The minimum absolute atomic E-state index is 0.119. The zero-order valence-electron chi connectivity index (χ0n) is 8.99. The van der Waals surface area contributed by atoms with E-state index in [0.717, 1.165) is 5.69 Å². The highest BCUT2D eigenvalue weighted by atomic mass is 35.5. The molecule has 1 N–H and O–H groups in total. The molecule has 0 spiro atoms. The summed E-state index contributed by atoms with van der Waals surface area (Å²) in [5, 5.41) is 11.1. The summed E-state index contributed by atoms with van der Waals surface area (Å²) in [5.74, 6) is 0.761. The van der Waals surface area contributed by atoms with Crippen LogP contribution in [-0.2, 0) is 0 Å². The van der Waals surface area contributed by atoms with Gasteiger partial charge in [0.25, 0.3) is 5.95 Å². The van der Waals surface area contributed by atoms with E-state index in [2.05, 4.69) is 25.4 Å². The Bertz CT molecular complexity index is 636. The van der Waals surface area contributed by atoms with Gasteiger partial charge in [-0.25, -0.2) is 4.68 Å². The second-order valence-electron chi connectivity index (χ2n) is 3.32. The lowest BCUT2D eigenvalue weighted by molar-refractivity contribution is 0.798. The van der Waals surface area contributed by atoms with Gasteiger partial charge in [-0.15, -0.1) is 0 Å². The summed E-state index contributed by atoms with van der Waals surface area (Å²) in [6.45, 7) is 0. The maximum absolute atomic E-state index is 5.87. The fourth-order valence-electron chi connectivity index (χ4n) is 1.35. The molecule has 0 aliphatic heterocycles. The fourth-order valence-corrected chi connectivity index (χ4v) is 2.09. The van der Waals surface area contributed by atoms with Crippen molar-refractivity contribution in [3.63, 3.8) is 0 Å². The predicted molar refractivity (Wildman–Crippen MR) is 69.6 cm³/mol. The van der Waals surface area contributed by atoms with Crippen LogP contribution in [-0.4, -0.2) is 24.7 Å². The summed E-state index contributed by atoms with van der Waals surface area (Å²) in [5.41, 5.74) is 0.911. The first-order chi connectivity index (χ1) is 8.81. The summed E-state index contributed by atoms with van der Waals surface area (Å²) in [6.07, 6.45) is 3.38. The Kier molecular flexibility index (Phi) is 2.91. The van der Waals surface area contributed by atoms with Crippen molar-refractivity contribution in [2.45, 2.75) is 0 Å². The smallest absolute Gasteiger partial charge is 0.256 e. The third-order valence-electron chi connectivity index (χ3n) is 2.08. The zero-order valence-corrected chi connectivity index (χ0v) is 10.6. The summed E-state index contributed by atoms with van der Waals surface area (Å²) in [6, 6.07) is 3.71. The second-order valence-corrected chi connectivity index (χ2v) is 4.43. The largest absolute Gasteiger partial charge is 0.323 e. The predicted octanol–water partition coefficient (Wildman–Crippen LogP) is 2.52. The summed E-state index contributed by atoms with van der Waals surface area (Å²) >= 11 is 7.45. The Labute approximate surface area is 111 Å². The van der Waals surface area contributed by atoms with Crippen LogP contribution < -0.4 is 5.32 Å². The molecule has 3 heterocycles. The van der Waals surface area contributed by atoms with Crippen LogP contribution in [0.25, 0.3) is 5.95 Å². The average molecular weight is 279 g/mol. The second kappa shape index (κ2) is 4.71. The maximum Gasteiger partial charge on any atom is 0.256 e. The maximum atomic E-state index is 5.87. The minimum Gasteiger partial charge on any atom is -0.323 e. The van der Waals surface area contributed by atoms with Gasteiger partial charge in [-0.3, -0.25) is 0 Å². The third-order valence-corrected chi connectivity index (χ3v) is 2.94. The molecule has 0 aliphatic carbocycles. The van der Waals surface area contributed by atoms with E-state index in [1.54, 1.807) is 29.8 Å². The number of hydrogen-bond acceptors (Lipinski definition) is 6. The van der Waals surface area contributed by atoms with Crippen LogP contribution in [0.2, 0.25) is 5.28 Å². The van der Waals surface area contributed by atoms with Crippen LogP contribution in [0.1, 0.15) is 0 Å². The highest BCUT2D eigenvalue weighted by Crippen LogP contribution is 2.17. The van der Waals surface area contributed by atoms with Gasteiger partial charge >= 0.3 is 0 Å². The SMILES string of the molecule is Clc1nc(Nc2ccsc2)nc(-n2cccn2)n1. The summed E-state index contributed by atoms with van der Waals surface area (Å²) in [4.78, 5) is 12.3. The Morgan fingerprint density at radius 2 is 2.22 bits per heavy atom. The molecule has 0 radical (unpaired) electrons. The number of nitrogens with one attached hydrogen (secondary N) is 1. The van der Waals surface area contributed by atoms with E-state index in [1.807, 2.05) is 16.8 Å². The van der Waals surface area contributed by atoms with Gasteiger partial charge < -0.3 is 5.32 Å². The van der Waals surface area contributed by atoms with Crippen molar-refractivity contribution in [1.29, 1.82) is 0 Å². The van der Waals surface area contributed by atoms with E-state index in [-0.39, 0.29) is 5.28 Å². The standard InChI is InChI=1S/C10H7ClN6S/c11-8-14-9(13-7-2-5-18-6-7)16-10(15-8)17-4-1-3-12-17/h1-6H,(H,13,14,15,16). The van der Waals surface area contributed by atoms with Gasteiger partial charge in [-0.1, -0.05) is 0 Å². The molecule has 0 saturated heterocycles. The molecule has 3 aromatic heterocycles. The van der Waals surface area contributed by atoms with Crippen molar-refractivity contribution in [1.82, 2.24) is 24.7 Å². The normalized spacial score (nSPS) is 10.5. The minimum atomic E-state index is 0.119.